The third kappa shape index (κ3) is 6.13. The van der Waals surface area contributed by atoms with Gasteiger partial charge < -0.3 is 0 Å². The molecule has 0 fully saturated rings. The maximum absolute atomic E-state index is 12.0. The van der Waals surface area contributed by atoms with E-state index in [9.17, 15) is 4.79 Å². The van der Waals surface area contributed by atoms with Crippen LogP contribution in [0.1, 0.15) is 52.4 Å². The van der Waals surface area contributed by atoms with Gasteiger partial charge in [-0.1, -0.05) is 52.8 Å². The second-order valence-electron chi connectivity index (χ2n) is 5.63. The van der Waals surface area contributed by atoms with Crippen molar-refractivity contribution in [3.8, 4) is 0 Å². The molecule has 0 aliphatic carbocycles. The summed E-state index contributed by atoms with van der Waals surface area (Å²) in [5, 5.41) is 0. The van der Waals surface area contributed by atoms with Crippen molar-refractivity contribution in [3.63, 3.8) is 0 Å². The Labute approximate surface area is 96.7 Å². The summed E-state index contributed by atoms with van der Waals surface area (Å²) < 4.78 is 0. The molecule has 0 bridgehead atoms. The van der Waals surface area contributed by atoms with Gasteiger partial charge in [0.1, 0.15) is 5.78 Å². The van der Waals surface area contributed by atoms with Crippen LogP contribution in [0, 0.1) is 0 Å². The summed E-state index contributed by atoms with van der Waals surface area (Å²) in [6, 6.07) is 0. The summed E-state index contributed by atoms with van der Waals surface area (Å²) in [5.74, 6) is 0.535. The second kappa shape index (κ2) is 7.21. The van der Waals surface area contributed by atoms with Gasteiger partial charge in [0.25, 0.3) is 0 Å². The molecule has 0 aliphatic heterocycles. The molecule has 0 radical (unpaired) electrons. The number of carbonyl (C=O) groups excluding carboxylic acids is 1. The lowest BCUT2D eigenvalue weighted by molar-refractivity contribution is -0.119. The average Bonchev–Trinajstić information content (AvgIpc) is 2.10. The lowest BCUT2D eigenvalue weighted by Crippen LogP contribution is -2.33. The van der Waals surface area contributed by atoms with Crippen LogP contribution in [-0.4, -0.2) is 13.9 Å². The zero-order chi connectivity index (χ0) is 11.9. The highest BCUT2D eigenvalue weighted by Gasteiger charge is 2.31. The first-order valence-electron chi connectivity index (χ1n) is 6.46. The minimum absolute atomic E-state index is 0.406. The number of rotatable bonds is 8. The Kier molecular flexibility index (Phi) is 7.15. The number of Topliss-reactive ketones (excluding diaryl/α,β-unsaturated/α-hetero) is 1. The van der Waals surface area contributed by atoms with Crippen LogP contribution in [0.5, 0.6) is 0 Å². The molecule has 0 saturated heterocycles. The van der Waals surface area contributed by atoms with Crippen molar-refractivity contribution < 1.29 is 4.79 Å². The van der Waals surface area contributed by atoms with E-state index in [-0.39, 0.29) is 0 Å². The highest BCUT2D eigenvalue weighted by atomic mass is 28.3. The fraction of sp³-hybridized carbons (Fsp3) is 0.923. The van der Waals surface area contributed by atoms with E-state index in [0.29, 0.717) is 11.3 Å². The molecule has 0 N–H and O–H groups in total. The molecule has 0 heterocycles. The molecule has 0 aromatic rings. The number of carbonyl (C=O) groups is 1. The molecule has 0 amide bonds. The molecule has 90 valence electrons. The lowest BCUT2D eigenvalue weighted by atomic mass is 10.1. The minimum atomic E-state index is -1.29. The van der Waals surface area contributed by atoms with Crippen LogP contribution in [-0.2, 0) is 4.79 Å². The standard InChI is InChI=1S/C13H28OSi/c1-6-8-9-11-13(15(3,4)5)12(14)10-7-2/h13H,6-11H2,1-5H3. The maximum Gasteiger partial charge on any atom is 0.133 e. The molecular formula is C13H28OSi. The van der Waals surface area contributed by atoms with E-state index in [2.05, 4.69) is 33.5 Å². The van der Waals surface area contributed by atoms with Crippen LogP contribution in [0.2, 0.25) is 25.2 Å². The molecule has 15 heavy (non-hydrogen) atoms. The van der Waals surface area contributed by atoms with Crippen molar-refractivity contribution in [1.29, 1.82) is 0 Å². The molecule has 0 spiro atoms. The summed E-state index contributed by atoms with van der Waals surface area (Å²) in [6.07, 6.45) is 6.71. The fourth-order valence-electron chi connectivity index (χ4n) is 2.10. The largest absolute Gasteiger partial charge is 0.300 e. The number of hydrogen-bond acceptors (Lipinski definition) is 1. The number of hydrogen-bond donors (Lipinski definition) is 0. The van der Waals surface area contributed by atoms with E-state index in [1.165, 1.54) is 19.3 Å². The number of unbranched alkanes of at least 4 members (excludes halogenated alkanes) is 2. The Hall–Kier alpha value is -0.113. The SMILES string of the molecule is CCCCCC(C(=O)CCC)[Si](C)(C)C. The van der Waals surface area contributed by atoms with Crippen LogP contribution in [0.25, 0.3) is 0 Å². The molecule has 0 rings (SSSR count). The zero-order valence-corrected chi connectivity index (χ0v) is 12.2. The number of ketones is 1. The smallest absolute Gasteiger partial charge is 0.133 e. The van der Waals surface area contributed by atoms with E-state index in [0.717, 1.165) is 19.3 Å². The Morgan fingerprint density at radius 3 is 2.07 bits per heavy atom. The Balaban J connectivity index is 4.25. The van der Waals surface area contributed by atoms with Gasteiger partial charge >= 0.3 is 0 Å². The van der Waals surface area contributed by atoms with E-state index >= 15 is 0 Å². The molecular weight excluding hydrogens is 200 g/mol. The van der Waals surface area contributed by atoms with Crippen LogP contribution < -0.4 is 0 Å². The first kappa shape index (κ1) is 14.9. The second-order valence-corrected chi connectivity index (χ2v) is 11.1. The van der Waals surface area contributed by atoms with Gasteiger partial charge in [-0.2, -0.15) is 0 Å². The van der Waals surface area contributed by atoms with Crippen molar-refractivity contribution in [3.05, 3.63) is 0 Å². The predicted molar refractivity (Wildman–Crippen MR) is 71.2 cm³/mol. The molecule has 0 saturated carbocycles. The summed E-state index contributed by atoms with van der Waals surface area (Å²) in [5.41, 5.74) is 0.406. The molecule has 0 aromatic carbocycles. The first-order chi connectivity index (χ1) is 6.93. The van der Waals surface area contributed by atoms with Gasteiger partial charge in [0.2, 0.25) is 0 Å². The Morgan fingerprint density at radius 1 is 1.07 bits per heavy atom. The molecule has 1 unspecified atom stereocenters. The molecule has 1 nitrogen and oxygen atoms in total. The quantitative estimate of drug-likeness (QED) is 0.437. The van der Waals surface area contributed by atoms with Gasteiger partial charge in [-0.15, -0.1) is 0 Å². The topological polar surface area (TPSA) is 17.1 Å². The van der Waals surface area contributed by atoms with Crippen LogP contribution >= 0.6 is 0 Å². The summed E-state index contributed by atoms with van der Waals surface area (Å²) >= 11 is 0. The van der Waals surface area contributed by atoms with Crippen molar-refractivity contribution >= 4 is 13.9 Å². The third-order valence-electron chi connectivity index (χ3n) is 3.03. The molecule has 2 heteroatoms. The maximum atomic E-state index is 12.0. The minimum Gasteiger partial charge on any atom is -0.300 e. The monoisotopic (exact) mass is 228 g/mol. The zero-order valence-electron chi connectivity index (χ0n) is 11.2. The van der Waals surface area contributed by atoms with Crippen LogP contribution in [0.3, 0.4) is 0 Å². The highest BCUT2D eigenvalue weighted by Crippen LogP contribution is 2.30. The van der Waals surface area contributed by atoms with Gasteiger partial charge in [-0.3, -0.25) is 4.79 Å². The van der Waals surface area contributed by atoms with Crippen molar-refractivity contribution in [2.45, 2.75) is 77.6 Å². The van der Waals surface area contributed by atoms with E-state index in [1.54, 1.807) is 0 Å². The van der Waals surface area contributed by atoms with Gasteiger partial charge in [-0.05, 0) is 12.8 Å². The van der Waals surface area contributed by atoms with Gasteiger partial charge in [0.05, 0.1) is 8.07 Å². The first-order valence-corrected chi connectivity index (χ1v) is 10.0. The van der Waals surface area contributed by atoms with Crippen molar-refractivity contribution in [2.75, 3.05) is 0 Å². The third-order valence-corrected chi connectivity index (χ3v) is 5.73. The van der Waals surface area contributed by atoms with Gasteiger partial charge in [0, 0.05) is 12.0 Å². The summed E-state index contributed by atoms with van der Waals surface area (Å²) in [7, 11) is -1.29. The summed E-state index contributed by atoms with van der Waals surface area (Å²) in [4.78, 5) is 12.0. The molecule has 0 aromatic heterocycles. The molecule has 0 aliphatic rings. The lowest BCUT2D eigenvalue weighted by Gasteiger charge is -2.27. The van der Waals surface area contributed by atoms with Crippen LogP contribution in [0.15, 0.2) is 0 Å². The van der Waals surface area contributed by atoms with Crippen molar-refractivity contribution in [2.24, 2.45) is 0 Å². The Bertz CT molecular complexity index is 181. The van der Waals surface area contributed by atoms with Crippen LogP contribution in [0.4, 0.5) is 0 Å². The predicted octanol–water partition coefficient (Wildman–Crippen LogP) is 4.64. The summed E-state index contributed by atoms with van der Waals surface area (Å²) in [6.45, 7) is 11.3. The van der Waals surface area contributed by atoms with Gasteiger partial charge in [0.15, 0.2) is 0 Å². The van der Waals surface area contributed by atoms with E-state index < -0.39 is 8.07 Å². The van der Waals surface area contributed by atoms with E-state index in [1.807, 2.05) is 0 Å². The van der Waals surface area contributed by atoms with Crippen molar-refractivity contribution in [1.82, 2.24) is 0 Å². The Morgan fingerprint density at radius 2 is 1.67 bits per heavy atom. The highest BCUT2D eigenvalue weighted by molar-refractivity contribution is 6.80. The molecule has 1 atom stereocenters. The fourth-order valence-corrected chi connectivity index (χ4v) is 4.28. The average molecular weight is 228 g/mol. The van der Waals surface area contributed by atoms with E-state index in [4.69, 9.17) is 0 Å². The normalized spacial score (nSPS) is 13.9. The van der Waals surface area contributed by atoms with Gasteiger partial charge in [-0.25, -0.2) is 0 Å².